The van der Waals surface area contributed by atoms with Gasteiger partial charge in [-0.25, -0.2) is 0 Å². The first-order valence-electron chi connectivity index (χ1n) is 6.23. The van der Waals surface area contributed by atoms with Gasteiger partial charge in [0.05, 0.1) is 0 Å². The average molecular weight is 403 g/mol. The molecule has 0 aliphatic rings. The summed E-state index contributed by atoms with van der Waals surface area (Å²) < 4.78 is 7.63. The quantitative estimate of drug-likeness (QED) is 0.524. The third-order valence-corrected chi connectivity index (χ3v) is 4.24. The predicted molar refractivity (Wildman–Crippen MR) is 90.6 cm³/mol. The number of halogens is 2. The van der Waals surface area contributed by atoms with Crippen LogP contribution in [0.3, 0.4) is 0 Å². The van der Waals surface area contributed by atoms with Crippen LogP contribution in [-0.2, 0) is 0 Å². The van der Waals surface area contributed by atoms with Crippen molar-refractivity contribution < 1.29 is 4.74 Å². The number of nitriles is 1. The summed E-state index contributed by atoms with van der Waals surface area (Å²) in [5.74, 6) is 1.25. The summed E-state index contributed by atoms with van der Waals surface area (Å²) in [4.78, 5) is 0. The van der Waals surface area contributed by atoms with Gasteiger partial charge in [0.1, 0.15) is 23.1 Å². The number of benzene rings is 3. The van der Waals surface area contributed by atoms with Crippen LogP contribution >= 0.6 is 31.9 Å². The van der Waals surface area contributed by atoms with Gasteiger partial charge in [-0.15, -0.1) is 0 Å². The molecule has 3 aromatic rings. The molecule has 2 nitrogen and oxygen atoms in total. The molecule has 3 rings (SSSR count). The molecule has 0 unspecified atom stereocenters. The largest absolute Gasteiger partial charge is 0.456 e. The van der Waals surface area contributed by atoms with Crippen LogP contribution in [0.4, 0.5) is 0 Å². The minimum Gasteiger partial charge on any atom is -0.456 e. The van der Waals surface area contributed by atoms with Crippen molar-refractivity contribution in [1.29, 1.82) is 5.26 Å². The highest BCUT2D eigenvalue weighted by Crippen LogP contribution is 2.32. The highest BCUT2D eigenvalue weighted by Gasteiger charge is 2.08. The van der Waals surface area contributed by atoms with Crippen LogP contribution in [0.5, 0.6) is 11.5 Å². The first-order valence-corrected chi connectivity index (χ1v) is 7.82. The number of rotatable bonds is 2. The molecular weight excluding hydrogens is 394 g/mol. The molecule has 0 atom stereocenters. The number of nitrogens with zero attached hydrogens (tertiary/aromatic N) is 1. The number of fused-ring (bicyclic) bond motifs is 1. The first kappa shape index (κ1) is 14.1. The van der Waals surface area contributed by atoms with Gasteiger partial charge in [-0.1, -0.05) is 34.1 Å². The minimum absolute atomic E-state index is 0.494. The van der Waals surface area contributed by atoms with E-state index in [1.54, 1.807) is 6.07 Å². The molecule has 0 fully saturated rings. The van der Waals surface area contributed by atoms with Gasteiger partial charge in [-0.3, -0.25) is 0 Å². The maximum Gasteiger partial charge on any atom is 0.146 e. The minimum atomic E-state index is 0.494. The zero-order valence-electron chi connectivity index (χ0n) is 10.8. The molecule has 0 aliphatic carbocycles. The van der Waals surface area contributed by atoms with Crippen LogP contribution in [0.1, 0.15) is 5.56 Å². The van der Waals surface area contributed by atoms with Gasteiger partial charge in [0.15, 0.2) is 0 Å². The summed E-state index contributed by atoms with van der Waals surface area (Å²) in [5, 5.41) is 11.4. The third kappa shape index (κ3) is 2.94. The molecule has 0 N–H and O–H groups in total. The normalized spacial score (nSPS) is 10.3. The van der Waals surface area contributed by atoms with Gasteiger partial charge in [-0.2, -0.15) is 5.26 Å². The molecule has 102 valence electrons. The van der Waals surface area contributed by atoms with Crippen molar-refractivity contribution in [3.8, 4) is 17.6 Å². The van der Waals surface area contributed by atoms with Crippen molar-refractivity contribution in [1.82, 2.24) is 0 Å². The van der Waals surface area contributed by atoms with Gasteiger partial charge < -0.3 is 4.74 Å². The number of ether oxygens (including phenoxy) is 1. The lowest BCUT2D eigenvalue weighted by Crippen LogP contribution is -1.89. The van der Waals surface area contributed by atoms with E-state index in [1.807, 2.05) is 42.5 Å². The Bertz CT molecular complexity index is 868. The lowest BCUT2D eigenvalue weighted by atomic mass is 10.1. The van der Waals surface area contributed by atoms with Crippen molar-refractivity contribution in [2.75, 3.05) is 0 Å². The number of hydrogen-bond acceptors (Lipinski definition) is 2. The van der Waals surface area contributed by atoms with Crippen LogP contribution in [-0.4, -0.2) is 0 Å². The molecule has 0 saturated carbocycles. The van der Waals surface area contributed by atoms with Crippen LogP contribution in [0.2, 0.25) is 0 Å². The second kappa shape index (κ2) is 5.88. The van der Waals surface area contributed by atoms with E-state index < -0.39 is 0 Å². The second-order valence-corrected chi connectivity index (χ2v) is 6.25. The van der Waals surface area contributed by atoms with Crippen LogP contribution < -0.4 is 4.74 Å². The molecule has 0 saturated heterocycles. The molecule has 0 aliphatic heterocycles. The lowest BCUT2D eigenvalue weighted by Gasteiger charge is -2.09. The third-order valence-electron chi connectivity index (χ3n) is 3.09. The monoisotopic (exact) mass is 401 g/mol. The Morgan fingerprint density at radius 3 is 2.48 bits per heavy atom. The summed E-state index contributed by atoms with van der Waals surface area (Å²) in [5.41, 5.74) is 0.494. The van der Waals surface area contributed by atoms with E-state index in [4.69, 9.17) is 4.74 Å². The Morgan fingerprint density at radius 1 is 0.905 bits per heavy atom. The fourth-order valence-electron chi connectivity index (χ4n) is 2.08. The molecule has 3 aromatic carbocycles. The fourth-order valence-corrected chi connectivity index (χ4v) is 2.90. The Hall–Kier alpha value is -1.83. The summed E-state index contributed by atoms with van der Waals surface area (Å²) >= 11 is 6.82. The van der Waals surface area contributed by atoms with Crippen molar-refractivity contribution >= 4 is 42.6 Å². The molecule has 0 heterocycles. The molecular formula is C17H9Br2NO. The Morgan fingerprint density at radius 2 is 1.67 bits per heavy atom. The van der Waals surface area contributed by atoms with Gasteiger partial charge in [0.25, 0.3) is 0 Å². The maximum atomic E-state index is 9.21. The smallest absolute Gasteiger partial charge is 0.146 e. The fraction of sp³-hybridized carbons (Fsp3) is 0. The zero-order valence-corrected chi connectivity index (χ0v) is 14.0. The summed E-state index contributed by atoms with van der Waals surface area (Å²) in [6.45, 7) is 0. The van der Waals surface area contributed by atoms with Crippen LogP contribution in [0.15, 0.2) is 63.5 Å². The van der Waals surface area contributed by atoms with Crippen molar-refractivity contribution in [3.63, 3.8) is 0 Å². The van der Waals surface area contributed by atoms with Gasteiger partial charge in [0.2, 0.25) is 0 Å². The Kier molecular flexibility index (Phi) is 3.96. The number of hydrogen-bond donors (Lipinski definition) is 0. The topological polar surface area (TPSA) is 33.0 Å². The second-order valence-electron chi connectivity index (χ2n) is 4.48. The predicted octanol–water partition coefficient (Wildman–Crippen LogP) is 6.03. The standard InChI is InChI=1S/C17H9Br2NO/c18-13-6-4-12-9-14(7-5-11(12)8-13)21-17-3-1-2-16(19)15(17)10-20/h1-9H. The van der Waals surface area contributed by atoms with Gasteiger partial charge in [0, 0.05) is 8.95 Å². The van der Waals surface area contributed by atoms with Crippen LogP contribution in [0.25, 0.3) is 10.8 Å². The zero-order chi connectivity index (χ0) is 14.8. The van der Waals surface area contributed by atoms with E-state index in [9.17, 15) is 5.26 Å². The van der Waals surface area contributed by atoms with E-state index in [0.29, 0.717) is 17.1 Å². The lowest BCUT2D eigenvalue weighted by molar-refractivity contribution is 0.481. The van der Waals surface area contributed by atoms with E-state index in [-0.39, 0.29) is 0 Å². The highest BCUT2D eigenvalue weighted by atomic mass is 79.9. The van der Waals surface area contributed by atoms with E-state index in [1.165, 1.54) is 0 Å². The van der Waals surface area contributed by atoms with Crippen molar-refractivity contribution in [2.45, 2.75) is 0 Å². The van der Waals surface area contributed by atoms with Crippen molar-refractivity contribution in [3.05, 3.63) is 69.1 Å². The molecule has 4 heteroatoms. The van der Waals surface area contributed by atoms with Crippen LogP contribution in [0, 0.1) is 11.3 Å². The summed E-state index contributed by atoms with van der Waals surface area (Å²) in [6, 6.07) is 19.5. The maximum absolute atomic E-state index is 9.21. The first-order chi connectivity index (χ1) is 10.2. The summed E-state index contributed by atoms with van der Waals surface area (Å²) in [7, 11) is 0. The molecule has 0 aromatic heterocycles. The molecule has 21 heavy (non-hydrogen) atoms. The average Bonchev–Trinajstić information content (AvgIpc) is 2.48. The highest BCUT2D eigenvalue weighted by molar-refractivity contribution is 9.10. The van der Waals surface area contributed by atoms with Gasteiger partial charge >= 0.3 is 0 Å². The van der Waals surface area contributed by atoms with Crippen molar-refractivity contribution in [2.24, 2.45) is 0 Å². The van der Waals surface area contributed by atoms with E-state index >= 15 is 0 Å². The summed E-state index contributed by atoms with van der Waals surface area (Å²) in [6.07, 6.45) is 0. The Labute approximate surface area is 139 Å². The molecule has 0 radical (unpaired) electrons. The molecule has 0 bridgehead atoms. The van der Waals surface area contributed by atoms with E-state index in [2.05, 4.69) is 44.0 Å². The van der Waals surface area contributed by atoms with E-state index in [0.717, 1.165) is 19.7 Å². The SMILES string of the molecule is N#Cc1c(Br)cccc1Oc1ccc2cc(Br)ccc2c1. The molecule has 0 amide bonds. The molecule has 0 spiro atoms. The van der Waals surface area contributed by atoms with Gasteiger partial charge in [-0.05, 0) is 63.1 Å². The Balaban J connectivity index is 2.01.